The van der Waals surface area contributed by atoms with Crippen LogP contribution in [0.25, 0.3) is 0 Å². The van der Waals surface area contributed by atoms with E-state index < -0.39 is 0 Å². The van der Waals surface area contributed by atoms with Gasteiger partial charge in [0.1, 0.15) is 5.75 Å². The van der Waals surface area contributed by atoms with Gasteiger partial charge in [0.25, 0.3) is 0 Å². The van der Waals surface area contributed by atoms with Crippen LogP contribution in [0.3, 0.4) is 0 Å². The lowest BCUT2D eigenvalue weighted by atomic mass is 10.1. The van der Waals surface area contributed by atoms with Gasteiger partial charge in [-0.05, 0) is 43.2 Å². The number of hydrogen-bond acceptors (Lipinski definition) is 3. The molecule has 21 heavy (non-hydrogen) atoms. The number of ether oxygens (including phenoxy) is 1. The summed E-state index contributed by atoms with van der Waals surface area (Å²) in [6.45, 7) is 6.18. The van der Waals surface area contributed by atoms with E-state index in [1.54, 1.807) is 7.11 Å². The summed E-state index contributed by atoms with van der Waals surface area (Å²) >= 11 is 0. The Morgan fingerprint density at radius 3 is 2.24 bits per heavy atom. The molecule has 0 aliphatic heterocycles. The molecule has 3 heteroatoms. The smallest absolute Gasteiger partial charge is 0.118 e. The van der Waals surface area contributed by atoms with E-state index in [9.17, 15) is 0 Å². The molecule has 0 fully saturated rings. The molecule has 0 saturated heterocycles. The summed E-state index contributed by atoms with van der Waals surface area (Å²) in [7, 11) is 1.69. The van der Waals surface area contributed by atoms with E-state index in [2.05, 4.69) is 36.9 Å². The molecule has 112 valence electrons. The van der Waals surface area contributed by atoms with Gasteiger partial charge in [0, 0.05) is 24.8 Å². The molecule has 2 N–H and O–H groups in total. The fourth-order valence-corrected chi connectivity index (χ4v) is 2.28. The Labute approximate surface area is 127 Å². The number of benzene rings is 2. The molecule has 0 spiro atoms. The maximum absolute atomic E-state index is 6.06. The average Bonchev–Trinajstić information content (AvgIpc) is 2.49. The van der Waals surface area contributed by atoms with Gasteiger partial charge in [-0.15, -0.1) is 0 Å². The summed E-state index contributed by atoms with van der Waals surface area (Å²) in [6, 6.07) is 16.8. The Hall–Kier alpha value is -2.00. The van der Waals surface area contributed by atoms with Crippen molar-refractivity contribution in [3.63, 3.8) is 0 Å². The van der Waals surface area contributed by atoms with Crippen LogP contribution in [0.2, 0.25) is 0 Å². The Kier molecular flexibility index (Phi) is 5.23. The number of nitrogens with two attached hydrogens (primary N) is 1. The monoisotopic (exact) mass is 284 g/mol. The minimum atomic E-state index is 0.451. The Morgan fingerprint density at radius 1 is 1.00 bits per heavy atom. The number of rotatable bonds is 6. The van der Waals surface area contributed by atoms with Crippen molar-refractivity contribution < 1.29 is 4.74 Å². The van der Waals surface area contributed by atoms with Crippen LogP contribution in [0.5, 0.6) is 5.75 Å². The number of nitrogens with zero attached hydrogens (tertiary/aromatic N) is 1. The second kappa shape index (κ2) is 7.14. The Bertz CT molecular complexity index is 564. The zero-order valence-electron chi connectivity index (χ0n) is 13.0. The first kappa shape index (κ1) is 15.4. The maximum Gasteiger partial charge on any atom is 0.118 e. The molecule has 0 bridgehead atoms. The lowest BCUT2D eigenvalue weighted by Crippen LogP contribution is -2.30. The van der Waals surface area contributed by atoms with Crippen LogP contribution in [-0.2, 0) is 13.1 Å². The predicted octanol–water partition coefficient (Wildman–Crippen LogP) is 3.69. The van der Waals surface area contributed by atoms with Gasteiger partial charge in [-0.2, -0.15) is 0 Å². The van der Waals surface area contributed by atoms with Gasteiger partial charge in [0.05, 0.1) is 7.11 Å². The summed E-state index contributed by atoms with van der Waals surface area (Å²) in [4.78, 5) is 2.41. The lowest BCUT2D eigenvalue weighted by molar-refractivity contribution is 0.204. The molecule has 0 heterocycles. The molecule has 0 aliphatic carbocycles. The molecule has 0 unspecified atom stereocenters. The molecular weight excluding hydrogens is 260 g/mol. The normalized spacial score (nSPS) is 11.1. The van der Waals surface area contributed by atoms with Crippen molar-refractivity contribution in [3.8, 4) is 5.75 Å². The van der Waals surface area contributed by atoms with Gasteiger partial charge in [-0.3, -0.25) is 4.90 Å². The number of methoxy groups -OCH3 is 1. The van der Waals surface area contributed by atoms with E-state index >= 15 is 0 Å². The van der Waals surface area contributed by atoms with E-state index in [-0.39, 0.29) is 0 Å². The molecule has 0 amide bonds. The van der Waals surface area contributed by atoms with Crippen molar-refractivity contribution >= 4 is 5.69 Å². The second-order valence-corrected chi connectivity index (χ2v) is 5.55. The highest BCUT2D eigenvalue weighted by atomic mass is 16.5. The molecule has 2 aromatic carbocycles. The van der Waals surface area contributed by atoms with Crippen LogP contribution < -0.4 is 10.5 Å². The minimum absolute atomic E-state index is 0.451. The Morgan fingerprint density at radius 2 is 1.67 bits per heavy atom. The van der Waals surface area contributed by atoms with Gasteiger partial charge in [0.15, 0.2) is 0 Å². The largest absolute Gasteiger partial charge is 0.497 e. The number of para-hydroxylation sites is 1. The maximum atomic E-state index is 6.06. The molecular formula is C18H24N2O. The summed E-state index contributed by atoms with van der Waals surface area (Å²) in [5, 5.41) is 0. The van der Waals surface area contributed by atoms with Crippen LogP contribution in [0.1, 0.15) is 25.0 Å². The minimum Gasteiger partial charge on any atom is -0.497 e. The SMILES string of the molecule is COc1ccc(CN(Cc2ccccc2N)C(C)C)cc1. The highest BCUT2D eigenvalue weighted by Gasteiger charge is 2.12. The van der Waals surface area contributed by atoms with Crippen molar-refractivity contribution in [3.05, 3.63) is 59.7 Å². The third-order valence-corrected chi connectivity index (χ3v) is 3.70. The van der Waals surface area contributed by atoms with E-state index in [0.717, 1.165) is 24.5 Å². The van der Waals surface area contributed by atoms with Crippen LogP contribution in [0.15, 0.2) is 48.5 Å². The van der Waals surface area contributed by atoms with Crippen molar-refractivity contribution in [2.45, 2.75) is 33.0 Å². The van der Waals surface area contributed by atoms with Gasteiger partial charge >= 0.3 is 0 Å². The summed E-state index contributed by atoms with van der Waals surface area (Å²) < 4.78 is 5.20. The zero-order chi connectivity index (χ0) is 15.2. The van der Waals surface area contributed by atoms with Crippen molar-refractivity contribution in [2.24, 2.45) is 0 Å². The van der Waals surface area contributed by atoms with Crippen LogP contribution >= 0.6 is 0 Å². The van der Waals surface area contributed by atoms with Crippen LogP contribution in [0, 0.1) is 0 Å². The second-order valence-electron chi connectivity index (χ2n) is 5.55. The summed E-state index contributed by atoms with van der Waals surface area (Å²) in [5.41, 5.74) is 9.37. The van der Waals surface area contributed by atoms with Gasteiger partial charge in [-0.25, -0.2) is 0 Å². The Balaban J connectivity index is 2.10. The fraction of sp³-hybridized carbons (Fsp3) is 0.333. The first-order valence-electron chi connectivity index (χ1n) is 7.30. The third-order valence-electron chi connectivity index (χ3n) is 3.70. The predicted molar refractivity (Wildman–Crippen MR) is 88.2 cm³/mol. The van der Waals surface area contributed by atoms with Crippen molar-refractivity contribution in [1.29, 1.82) is 0 Å². The van der Waals surface area contributed by atoms with E-state index in [4.69, 9.17) is 10.5 Å². The van der Waals surface area contributed by atoms with E-state index in [1.807, 2.05) is 30.3 Å². The first-order chi connectivity index (χ1) is 10.1. The molecule has 2 aromatic rings. The highest BCUT2D eigenvalue weighted by Crippen LogP contribution is 2.19. The standard InChI is InChI=1S/C18H24N2O/c1-14(2)20(13-16-6-4-5-7-18(16)19)12-15-8-10-17(21-3)11-9-15/h4-11,14H,12-13,19H2,1-3H3. The topological polar surface area (TPSA) is 38.5 Å². The van der Waals surface area contributed by atoms with Gasteiger partial charge in [0.2, 0.25) is 0 Å². The molecule has 0 aliphatic rings. The number of hydrogen-bond donors (Lipinski definition) is 1. The molecule has 0 radical (unpaired) electrons. The molecule has 0 saturated carbocycles. The number of nitrogen functional groups attached to an aromatic ring is 1. The highest BCUT2D eigenvalue weighted by molar-refractivity contribution is 5.46. The third kappa shape index (κ3) is 4.23. The zero-order valence-corrected chi connectivity index (χ0v) is 13.0. The van der Waals surface area contributed by atoms with Gasteiger partial charge < -0.3 is 10.5 Å². The molecule has 2 rings (SSSR count). The van der Waals surface area contributed by atoms with E-state index in [1.165, 1.54) is 11.1 Å². The summed E-state index contributed by atoms with van der Waals surface area (Å²) in [6.07, 6.45) is 0. The van der Waals surface area contributed by atoms with Crippen LogP contribution in [0.4, 0.5) is 5.69 Å². The number of anilines is 1. The molecule has 0 atom stereocenters. The fourth-order valence-electron chi connectivity index (χ4n) is 2.28. The lowest BCUT2D eigenvalue weighted by Gasteiger charge is -2.27. The first-order valence-corrected chi connectivity index (χ1v) is 7.30. The van der Waals surface area contributed by atoms with Crippen molar-refractivity contribution in [1.82, 2.24) is 4.90 Å². The van der Waals surface area contributed by atoms with Crippen molar-refractivity contribution in [2.75, 3.05) is 12.8 Å². The average molecular weight is 284 g/mol. The summed E-state index contributed by atoms with van der Waals surface area (Å²) in [5.74, 6) is 0.891. The van der Waals surface area contributed by atoms with Gasteiger partial charge in [-0.1, -0.05) is 30.3 Å². The van der Waals surface area contributed by atoms with E-state index in [0.29, 0.717) is 6.04 Å². The quantitative estimate of drug-likeness (QED) is 0.822. The molecule has 3 nitrogen and oxygen atoms in total. The molecule has 0 aromatic heterocycles. The van der Waals surface area contributed by atoms with Crippen LogP contribution in [-0.4, -0.2) is 18.1 Å².